The van der Waals surface area contributed by atoms with Gasteiger partial charge in [0.15, 0.2) is 11.4 Å². The molecule has 1 aliphatic heterocycles. The molecule has 1 aromatic carbocycles. The monoisotopic (exact) mass is 272 g/mol. The summed E-state index contributed by atoms with van der Waals surface area (Å²) in [4.78, 5) is 11.0. The summed E-state index contributed by atoms with van der Waals surface area (Å²) in [7, 11) is 0. The molecule has 3 nitrogen and oxygen atoms in total. The summed E-state index contributed by atoms with van der Waals surface area (Å²) in [5, 5.41) is 0. The van der Waals surface area contributed by atoms with Crippen LogP contribution in [-0.4, -0.2) is 11.8 Å². The van der Waals surface area contributed by atoms with Gasteiger partial charge >= 0.3 is 12.3 Å². The molecule has 0 unspecified atom stereocenters. The minimum atomic E-state index is -4.37. The smallest absolute Gasteiger partial charge is 0.420 e. The van der Waals surface area contributed by atoms with Crippen molar-refractivity contribution in [2.45, 2.75) is 25.6 Å². The molecule has 0 radical (unpaired) electrons. The van der Waals surface area contributed by atoms with E-state index in [4.69, 9.17) is 9.47 Å². The molecule has 1 fully saturated rings. The molecule has 0 aliphatic carbocycles. The summed E-state index contributed by atoms with van der Waals surface area (Å²) in [5.41, 5.74) is -1.15. The summed E-state index contributed by atoms with van der Waals surface area (Å²) < 4.78 is 46.9. The van der Waals surface area contributed by atoms with Crippen molar-refractivity contribution >= 4 is 12.2 Å². The second-order valence-electron chi connectivity index (χ2n) is 4.59. The molecule has 1 aliphatic rings. The van der Waals surface area contributed by atoms with Gasteiger partial charge in [-0.2, -0.15) is 13.2 Å². The largest absolute Gasteiger partial charge is 0.514 e. The van der Waals surface area contributed by atoms with E-state index in [1.165, 1.54) is 18.2 Å². The predicted octanol–water partition coefficient (Wildman–Crippen LogP) is 3.99. The molecule has 1 aromatic rings. The highest BCUT2D eigenvalue weighted by Gasteiger charge is 2.39. The number of alkyl halides is 3. The van der Waals surface area contributed by atoms with Crippen molar-refractivity contribution in [1.82, 2.24) is 0 Å². The standard InChI is InChI=1S/C13H11F3O3/c1-12(2)10(18-11(17)19-12)7-8-3-5-9(6-4-8)13(14,15)16/h3-7H,1-2H3/b10-7-. The van der Waals surface area contributed by atoms with Gasteiger partial charge in [0.2, 0.25) is 0 Å². The lowest BCUT2D eigenvalue weighted by molar-refractivity contribution is -0.137. The maximum Gasteiger partial charge on any atom is 0.514 e. The topological polar surface area (TPSA) is 35.5 Å². The molecule has 0 amide bonds. The van der Waals surface area contributed by atoms with Gasteiger partial charge in [-0.15, -0.1) is 0 Å². The fourth-order valence-electron chi connectivity index (χ4n) is 1.62. The lowest BCUT2D eigenvalue weighted by atomic mass is 10.0. The molecule has 1 heterocycles. The average Bonchev–Trinajstić information content (AvgIpc) is 2.51. The van der Waals surface area contributed by atoms with Crippen LogP contribution in [0.4, 0.5) is 18.0 Å². The van der Waals surface area contributed by atoms with Crippen LogP contribution in [0.15, 0.2) is 30.0 Å². The van der Waals surface area contributed by atoms with Crippen molar-refractivity contribution in [3.63, 3.8) is 0 Å². The van der Waals surface area contributed by atoms with Crippen LogP contribution >= 0.6 is 0 Å². The summed E-state index contributed by atoms with van der Waals surface area (Å²) in [6.07, 6.45) is -3.71. The minimum Gasteiger partial charge on any atom is -0.420 e. The number of hydrogen-bond donors (Lipinski definition) is 0. The van der Waals surface area contributed by atoms with E-state index in [-0.39, 0.29) is 5.76 Å². The molecule has 0 saturated carbocycles. The minimum absolute atomic E-state index is 0.261. The van der Waals surface area contributed by atoms with E-state index in [2.05, 4.69) is 0 Å². The van der Waals surface area contributed by atoms with Crippen molar-refractivity contribution < 1.29 is 27.4 Å². The average molecular weight is 272 g/mol. The van der Waals surface area contributed by atoms with Crippen LogP contribution in [0, 0.1) is 0 Å². The summed E-state index contributed by atoms with van der Waals surface area (Å²) in [5.74, 6) is 0.261. The molecule has 6 heteroatoms. The third-order valence-electron chi connectivity index (χ3n) is 2.66. The molecule has 1 saturated heterocycles. The third-order valence-corrected chi connectivity index (χ3v) is 2.66. The molecular formula is C13H11F3O3. The fraction of sp³-hybridized carbons (Fsp3) is 0.308. The van der Waals surface area contributed by atoms with Crippen LogP contribution in [0.2, 0.25) is 0 Å². The van der Waals surface area contributed by atoms with Crippen molar-refractivity contribution in [3.8, 4) is 0 Å². The quantitative estimate of drug-likeness (QED) is 0.725. The fourth-order valence-corrected chi connectivity index (χ4v) is 1.62. The van der Waals surface area contributed by atoms with E-state index < -0.39 is 23.5 Å². The lowest BCUT2D eigenvalue weighted by Gasteiger charge is -2.14. The first-order chi connectivity index (χ1) is 8.68. The van der Waals surface area contributed by atoms with Crippen LogP contribution in [0.5, 0.6) is 0 Å². The third kappa shape index (κ3) is 2.89. The Labute approximate surface area is 107 Å². The van der Waals surface area contributed by atoms with Crippen molar-refractivity contribution in [3.05, 3.63) is 41.2 Å². The molecule has 2 rings (SSSR count). The highest BCUT2D eigenvalue weighted by atomic mass is 19.4. The maximum absolute atomic E-state index is 12.4. The molecule has 102 valence electrons. The van der Waals surface area contributed by atoms with Crippen LogP contribution < -0.4 is 0 Å². The molecular weight excluding hydrogens is 261 g/mol. The van der Waals surface area contributed by atoms with Gasteiger partial charge in [0.25, 0.3) is 0 Å². The second-order valence-corrected chi connectivity index (χ2v) is 4.59. The van der Waals surface area contributed by atoms with Gasteiger partial charge in [0, 0.05) is 0 Å². The number of carbonyl (C=O) groups is 1. The van der Waals surface area contributed by atoms with Crippen LogP contribution in [0.3, 0.4) is 0 Å². The zero-order valence-electron chi connectivity index (χ0n) is 10.2. The molecule has 0 bridgehead atoms. The van der Waals surface area contributed by atoms with Gasteiger partial charge in [0.1, 0.15) is 0 Å². The van der Waals surface area contributed by atoms with E-state index in [0.29, 0.717) is 5.56 Å². The first-order valence-electron chi connectivity index (χ1n) is 5.49. The van der Waals surface area contributed by atoms with Gasteiger partial charge in [0.05, 0.1) is 5.56 Å². The number of rotatable bonds is 1. The van der Waals surface area contributed by atoms with E-state index >= 15 is 0 Å². The van der Waals surface area contributed by atoms with E-state index in [1.54, 1.807) is 13.8 Å². The second kappa shape index (κ2) is 4.29. The van der Waals surface area contributed by atoms with Gasteiger partial charge in [-0.25, -0.2) is 4.79 Å². The Bertz CT molecular complexity index is 527. The summed E-state index contributed by atoms with van der Waals surface area (Å²) >= 11 is 0. The summed E-state index contributed by atoms with van der Waals surface area (Å²) in [6, 6.07) is 4.55. The van der Waals surface area contributed by atoms with Crippen molar-refractivity contribution in [2.24, 2.45) is 0 Å². The van der Waals surface area contributed by atoms with Gasteiger partial charge in [-0.3, -0.25) is 0 Å². The number of benzene rings is 1. The zero-order chi connectivity index (χ0) is 14.3. The maximum atomic E-state index is 12.4. The number of cyclic esters (lactones) is 2. The molecule has 19 heavy (non-hydrogen) atoms. The molecule has 0 N–H and O–H groups in total. The Hall–Kier alpha value is -1.98. The van der Waals surface area contributed by atoms with E-state index in [0.717, 1.165) is 12.1 Å². The van der Waals surface area contributed by atoms with Gasteiger partial charge in [-0.05, 0) is 37.6 Å². The van der Waals surface area contributed by atoms with E-state index in [1.807, 2.05) is 0 Å². The Morgan fingerprint density at radius 2 is 1.74 bits per heavy atom. The summed E-state index contributed by atoms with van der Waals surface area (Å²) in [6.45, 7) is 3.27. The number of carbonyl (C=O) groups excluding carboxylic acids is 1. The normalized spacial score (nSPS) is 20.3. The Morgan fingerprint density at radius 1 is 1.16 bits per heavy atom. The first-order valence-corrected chi connectivity index (χ1v) is 5.49. The van der Waals surface area contributed by atoms with Crippen LogP contribution in [0.1, 0.15) is 25.0 Å². The lowest BCUT2D eigenvalue weighted by Crippen LogP contribution is -2.20. The van der Waals surface area contributed by atoms with Crippen LogP contribution in [0.25, 0.3) is 6.08 Å². The molecule has 0 spiro atoms. The Balaban J connectivity index is 2.27. The molecule has 0 atom stereocenters. The molecule has 0 aromatic heterocycles. The Kier molecular flexibility index (Phi) is 3.04. The highest BCUT2D eigenvalue weighted by molar-refractivity contribution is 5.69. The predicted molar refractivity (Wildman–Crippen MR) is 61.1 cm³/mol. The van der Waals surface area contributed by atoms with Crippen molar-refractivity contribution in [2.75, 3.05) is 0 Å². The number of halogens is 3. The Morgan fingerprint density at radius 3 is 2.16 bits per heavy atom. The van der Waals surface area contributed by atoms with E-state index in [9.17, 15) is 18.0 Å². The number of hydrogen-bond acceptors (Lipinski definition) is 3. The van der Waals surface area contributed by atoms with Crippen LogP contribution in [-0.2, 0) is 15.7 Å². The van der Waals surface area contributed by atoms with Crippen molar-refractivity contribution in [1.29, 1.82) is 0 Å². The van der Waals surface area contributed by atoms with Gasteiger partial charge < -0.3 is 9.47 Å². The SMILES string of the molecule is CC1(C)OC(=O)O/C1=C\c1ccc(C(F)(F)F)cc1. The zero-order valence-corrected chi connectivity index (χ0v) is 10.2. The number of ether oxygens (including phenoxy) is 2. The highest BCUT2D eigenvalue weighted by Crippen LogP contribution is 2.32. The first kappa shape index (κ1) is 13.5. The van der Waals surface area contributed by atoms with Gasteiger partial charge in [-0.1, -0.05) is 12.1 Å².